The molecular weight excluding hydrogens is 230 g/mol. The quantitative estimate of drug-likeness (QED) is 0.884. The van der Waals surface area contributed by atoms with E-state index in [9.17, 15) is 9.59 Å². The highest BCUT2D eigenvalue weighted by Gasteiger charge is 2.28. The van der Waals surface area contributed by atoms with Crippen LogP contribution in [-0.4, -0.2) is 24.8 Å². The molecule has 4 nitrogen and oxygen atoms in total. The number of rotatable bonds is 3. The van der Waals surface area contributed by atoms with E-state index in [1.807, 2.05) is 12.1 Å². The van der Waals surface area contributed by atoms with Gasteiger partial charge < -0.3 is 10.1 Å². The molecule has 1 amide bonds. The van der Waals surface area contributed by atoms with Crippen molar-refractivity contribution in [1.29, 1.82) is 0 Å². The van der Waals surface area contributed by atoms with Gasteiger partial charge in [-0.3, -0.25) is 9.59 Å². The van der Waals surface area contributed by atoms with Gasteiger partial charge in [0.1, 0.15) is 5.75 Å². The predicted molar refractivity (Wildman–Crippen MR) is 67.9 cm³/mol. The number of benzene rings is 1. The lowest BCUT2D eigenvalue weighted by Gasteiger charge is -2.24. The van der Waals surface area contributed by atoms with Gasteiger partial charge in [0.15, 0.2) is 5.78 Å². The molecule has 0 saturated heterocycles. The van der Waals surface area contributed by atoms with Crippen LogP contribution in [0, 0.1) is 0 Å². The Morgan fingerprint density at radius 2 is 2.28 bits per heavy atom. The van der Waals surface area contributed by atoms with Gasteiger partial charge in [-0.1, -0.05) is 13.0 Å². The van der Waals surface area contributed by atoms with Crippen LogP contribution in [0.5, 0.6) is 5.75 Å². The summed E-state index contributed by atoms with van der Waals surface area (Å²) < 4.78 is 5.13. The van der Waals surface area contributed by atoms with Crippen molar-refractivity contribution < 1.29 is 14.3 Å². The molecule has 0 fully saturated rings. The van der Waals surface area contributed by atoms with Gasteiger partial charge in [-0.15, -0.1) is 0 Å². The first-order chi connectivity index (χ1) is 8.65. The third-order valence-electron chi connectivity index (χ3n) is 3.26. The largest absolute Gasteiger partial charge is 0.497 e. The Morgan fingerprint density at radius 1 is 1.50 bits per heavy atom. The van der Waals surface area contributed by atoms with Gasteiger partial charge in [0.2, 0.25) is 5.91 Å². The summed E-state index contributed by atoms with van der Waals surface area (Å²) >= 11 is 0. The lowest BCUT2D eigenvalue weighted by molar-refractivity contribution is -0.121. The van der Waals surface area contributed by atoms with E-state index in [0.29, 0.717) is 24.2 Å². The summed E-state index contributed by atoms with van der Waals surface area (Å²) in [6.45, 7) is 1.78. The van der Waals surface area contributed by atoms with Gasteiger partial charge in [-0.05, 0) is 30.5 Å². The zero-order valence-electron chi connectivity index (χ0n) is 10.7. The number of hydrogen-bond donors (Lipinski definition) is 1. The molecule has 0 saturated carbocycles. The van der Waals surface area contributed by atoms with E-state index in [2.05, 4.69) is 5.32 Å². The van der Waals surface area contributed by atoms with E-state index in [0.717, 1.165) is 12.0 Å². The number of amides is 1. The van der Waals surface area contributed by atoms with Crippen LogP contribution < -0.4 is 10.1 Å². The smallest absolute Gasteiger partial charge is 0.220 e. The number of carbonyl (C=O) groups is 2. The minimum absolute atomic E-state index is 0.0167. The molecule has 1 N–H and O–H groups in total. The number of nitrogens with one attached hydrogen (secondary N) is 1. The lowest BCUT2D eigenvalue weighted by atomic mass is 9.87. The highest BCUT2D eigenvalue weighted by molar-refractivity contribution is 6.04. The van der Waals surface area contributed by atoms with Gasteiger partial charge in [0.25, 0.3) is 0 Å². The van der Waals surface area contributed by atoms with Crippen LogP contribution in [0.2, 0.25) is 0 Å². The number of aryl methyl sites for hydroxylation is 1. The van der Waals surface area contributed by atoms with Crippen LogP contribution >= 0.6 is 0 Å². The first-order valence-corrected chi connectivity index (χ1v) is 6.16. The van der Waals surface area contributed by atoms with Gasteiger partial charge in [0, 0.05) is 12.0 Å². The summed E-state index contributed by atoms with van der Waals surface area (Å²) in [6.07, 6.45) is 1.87. The van der Waals surface area contributed by atoms with Crippen molar-refractivity contribution in [2.45, 2.75) is 32.2 Å². The molecule has 1 aliphatic rings. The maximum atomic E-state index is 12.3. The van der Waals surface area contributed by atoms with Crippen molar-refractivity contribution >= 4 is 11.7 Å². The lowest BCUT2D eigenvalue weighted by Crippen LogP contribution is -2.43. The van der Waals surface area contributed by atoms with Crippen LogP contribution in [0.25, 0.3) is 0 Å². The van der Waals surface area contributed by atoms with Crippen molar-refractivity contribution in [2.75, 3.05) is 7.11 Å². The second-order valence-corrected chi connectivity index (χ2v) is 4.40. The molecule has 1 unspecified atom stereocenters. The molecule has 1 aromatic carbocycles. The standard InChI is InChI=1S/C14H17NO3/c1-3-13(16)15-12-7-5-9-4-6-10(18-2)8-11(9)14(12)17/h4,6,8,12H,3,5,7H2,1-2H3,(H,15,16). The number of ketones is 1. The minimum Gasteiger partial charge on any atom is -0.497 e. The molecule has 1 aliphatic carbocycles. The third kappa shape index (κ3) is 2.37. The predicted octanol–water partition coefficient (Wildman–Crippen LogP) is 1.72. The van der Waals surface area contributed by atoms with Crippen molar-refractivity contribution in [3.05, 3.63) is 29.3 Å². The molecule has 0 aliphatic heterocycles. The molecule has 0 aromatic heterocycles. The molecule has 96 valence electrons. The van der Waals surface area contributed by atoms with Gasteiger partial charge in [-0.25, -0.2) is 0 Å². The maximum Gasteiger partial charge on any atom is 0.220 e. The third-order valence-corrected chi connectivity index (χ3v) is 3.26. The SMILES string of the molecule is CCC(=O)NC1CCc2ccc(OC)cc2C1=O. The summed E-state index contributed by atoms with van der Waals surface area (Å²) in [5.41, 5.74) is 1.70. The highest BCUT2D eigenvalue weighted by atomic mass is 16.5. The van der Waals surface area contributed by atoms with Crippen molar-refractivity contribution in [3.63, 3.8) is 0 Å². The fourth-order valence-electron chi connectivity index (χ4n) is 2.18. The average Bonchev–Trinajstić information content (AvgIpc) is 2.41. The Kier molecular flexibility index (Phi) is 3.65. The van der Waals surface area contributed by atoms with E-state index in [1.165, 1.54) is 0 Å². The molecule has 0 spiro atoms. The maximum absolute atomic E-state index is 12.3. The summed E-state index contributed by atoms with van der Waals surface area (Å²) in [4.78, 5) is 23.6. The molecule has 2 rings (SSSR count). The Bertz CT molecular complexity index is 482. The van der Waals surface area contributed by atoms with Crippen molar-refractivity contribution in [3.8, 4) is 5.75 Å². The highest BCUT2D eigenvalue weighted by Crippen LogP contribution is 2.25. The second-order valence-electron chi connectivity index (χ2n) is 4.40. The number of carbonyl (C=O) groups excluding carboxylic acids is 2. The molecular formula is C14H17NO3. The Balaban J connectivity index is 2.23. The van der Waals surface area contributed by atoms with E-state index < -0.39 is 6.04 Å². The fourth-order valence-corrected chi connectivity index (χ4v) is 2.18. The van der Waals surface area contributed by atoms with Crippen LogP contribution in [0.3, 0.4) is 0 Å². The molecule has 0 heterocycles. The van der Waals surface area contributed by atoms with Gasteiger partial charge in [0.05, 0.1) is 13.2 Å². The first kappa shape index (κ1) is 12.6. The molecule has 1 aromatic rings. The van der Waals surface area contributed by atoms with Crippen molar-refractivity contribution in [1.82, 2.24) is 5.32 Å². The molecule has 0 radical (unpaired) electrons. The van der Waals surface area contributed by atoms with Crippen molar-refractivity contribution in [2.24, 2.45) is 0 Å². The normalized spacial score (nSPS) is 18.1. The van der Waals surface area contributed by atoms with Gasteiger partial charge >= 0.3 is 0 Å². The average molecular weight is 247 g/mol. The summed E-state index contributed by atoms with van der Waals surface area (Å²) in [7, 11) is 1.57. The Labute approximate surface area is 106 Å². The number of fused-ring (bicyclic) bond motifs is 1. The Morgan fingerprint density at radius 3 is 2.94 bits per heavy atom. The van der Waals surface area contributed by atoms with Gasteiger partial charge in [-0.2, -0.15) is 0 Å². The summed E-state index contributed by atoms with van der Waals surface area (Å²) in [5, 5.41) is 2.77. The zero-order chi connectivity index (χ0) is 13.1. The van der Waals surface area contributed by atoms with Crippen LogP contribution in [0.15, 0.2) is 18.2 Å². The molecule has 1 atom stereocenters. The zero-order valence-corrected chi connectivity index (χ0v) is 10.7. The monoisotopic (exact) mass is 247 g/mol. The second kappa shape index (κ2) is 5.21. The summed E-state index contributed by atoms with van der Waals surface area (Å²) in [6, 6.07) is 5.14. The van der Waals surface area contributed by atoms with Crippen LogP contribution in [0.1, 0.15) is 35.7 Å². The van der Waals surface area contributed by atoms with E-state index in [1.54, 1.807) is 20.1 Å². The summed E-state index contributed by atoms with van der Waals surface area (Å²) in [5.74, 6) is 0.571. The number of Topliss-reactive ketones (excluding diaryl/α,β-unsaturated/α-hetero) is 1. The fraction of sp³-hybridized carbons (Fsp3) is 0.429. The van der Waals surface area contributed by atoms with E-state index in [-0.39, 0.29) is 11.7 Å². The van der Waals surface area contributed by atoms with E-state index in [4.69, 9.17) is 4.74 Å². The number of hydrogen-bond acceptors (Lipinski definition) is 3. The van der Waals surface area contributed by atoms with E-state index >= 15 is 0 Å². The molecule has 4 heteroatoms. The molecule has 0 bridgehead atoms. The topological polar surface area (TPSA) is 55.4 Å². The number of ether oxygens (including phenoxy) is 1. The Hall–Kier alpha value is -1.84. The van der Waals surface area contributed by atoms with Crippen LogP contribution in [0.4, 0.5) is 0 Å². The minimum atomic E-state index is -0.392. The van der Waals surface area contributed by atoms with Crippen LogP contribution in [-0.2, 0) is 11.2 Å². The first-order valence-electron chi connectivity index (χ1n) is 6.16. The number of methoxy groups -OCH3 is 1. The molecule has 18 heavy (non-hydrogen) atoms.